The standard InChI is InChI=1S/C24H31N3O3S/c1-17-7-14-27(20-5-3-4-6-21(20)30-2)24(29)22(17)23(28)25-18-8-12-26(13-9-18)19-10-15-31-16-11-19/h3-7,14,18-19H,8-13,15-16H2,1-2H3,(H,25,28). The summed E-state index contributed by atoms with van der Waals surface area (Å²) in [6.45, 7) is 3.84. The molecule has 1 aromatic carbocycles. The Hall–Kier alpha value is -2.25. The Bertz CT molecular complexity index is 976. The molecule has 0 radical (unpaired) electrons. The fourth-order valence-corrected chi connectivity index (χ4v) is 5.72. The molecule has 1 amide bonds. The number of thioether (sulfide) groups is 1. The third-order valence-corrected chi connectivity index (χ3v) is 7.49. The van der Waals surface area contributed by atoms with Crippen LogP contribution in [-0.2, 0) is 0 Å². The summed E-state index contributed by atoms with van der Waals surface area (Å²) < 4.78 is 6.89. The van der Waals surface area contributed by atoms with E-state index < -0.39 is 0 Å². The molecule has 166 valence electrons. The Morgan fingerprint density at radius 3 is 2.52 bits per heavy atom. The highest BCUT2D eigenvalue weighted by molar-refractivity contribution is 7.99. The number of hydrogen-bond acceptors (Lipinski definition) is 5. The van der Waals surface area contributed by atoms with Gasteiger partial charge in [0, 0.05) is 31.4 Å². The van der Waals surface area contributed by atoms with Crippen molar-refractivity contribution in [1.29, 1.82) is 0 Å². The zero-order chi connectivity index (χ0) is 21.8. The van der Waals surface area contributed by atoms with Gasteiger partial charge in [-0.1, -0.05) is 12.1 Å². The minimum atomic E-state index is -0.320. The molecule has 7 heteroatoms. The van der Waals surface area contributed by atoms with Crippen LogP contribution in [-0.4, -0.2) is 59.2 Å². The average Bonchev–Trinajstić information content (AvgIpc) is 2.80. The quantitative estimate of drug-likeness (QED) is 0.772. The lowest BCUT2D eigenvalue weighted by Gasteiger charge is -2.39. The van der Waals surface area contributed by atoms with Gasteiger partial charge in [0.05, 0.1) is 12.8 Å². The fourth-order valence-electron chi connectivity index (χ4n) is 4.64. The highest BCUT2D eigenvalue weighted by Gasteiger charge is 2.28. The predicted molar refractivity (Wildman–Crippen MR) is 126 cm³/mol. The molecule has 0 unspecified atom stereocenters. The van der Waals surface area contributed by atoms with E-state index in [0.717, 1.165) is 25.9 Å². The minimum absolute atomic E-state index is 0.112. The van der Waals surface area contributed by atoms with E-state index in [2.05, 4.69) is 22.0 Å². The molecule has 2 saturated heterocycles. The van der Waals surface area contributed by atoms with Gasteiger partial charge in [0.25, 0.3) is 11.5 Å². The van der Waals surface area contributed by atoms with Gasteiger partial charge >= 0.3 is 0 Å². The first-order chi connectivity index (χ1) is 15.1. The largest absolute Gasteiger partial charge is 0.495 e. The van der Waals surface area contributed by atoms with Crippen LogP contribution in [0.3, 0.4) is 0 Å². The van der Waals surface area contributed by atoms with Crippen LogP contribution in [0, 0.1) is 6.92 Å². The smallest absolute Gasteiger partial charge is 0.268 e. The molecule has 2 fully saturated rings. The van der Waals surface area contributed by atoms with Crippen LogP contribution in [0.4, 0.5) is 0 Å². The van der Waals surface area contributed by atoms with Crippen molar-refractivity contribution in [2.45, 2.75) is 44.7 Å². The summed E-state index contributed by atoms with van der Waals surface area (Å²) >= 11 is 2.05. The van der Waals surface area contributed by atoms with Gasteiger partial charge in [-0.3, -0.25) is 14.2 Å². The van der Waals surface area contributed by atoms with Gasteiger partial charge in [-0.2, -0.15) is 11.8 Å². The van der Waals surface area contributed by atoms with Crippen molar-refractivity contribution in [3.8, 4) is 11.4 Å². The lowest BCUT2D eigenvalue weighted by Crippen LogP contribution is -2.49. The van der Waals surface area contributed by atoms with Crippen molar-refractivity contribution in [1.82, 2.24) is 14.8 Å². The number of hydrogen-bond donors (Lipinski definition) is 1. The Balaban J connectivity index is 1.47. The summed E-state index contributed by atoms with van der Waals surface area (Å²) in [4.78, 5) is 28.9. The molecule has 1 N–H and O–H groups in total. The molecule has 2 aliphatic rings. The van der Waals surface area contributed by atoms with Gasteiger partial charge in [0.1, 0.15) is 11.3 Å². The lowest BCUT2D eigenvalue weighted by molar-refractivity contribution is 0.0884. The molecule has 2 aromatic rings. The zero-order valence-corrected chi connectivity index (χ0v) is 19.1. The fraction of sp³-hybridized carbons (Fsp3) is 0.500. The van der Waals surface area contributed by atoms with E-state index in [4.69, 9.17) is 4.74 Å². The van der Waals surface area contributed by atoms with Gasteiger partial charge in [0.15, 0.2) is 0 Å². The maximum atomic E-state index is 13.2. The molecular formula is C24H31N3O3S. The first kappa shape index (κ1) is 22.0. The first-order valence-corrected chi connectivity index (χ1v) is 12.2. The molecule has 6 nitrogen and oxygen atoms in total. The zero-order valence-electron chi connectivity index (χ0n) is 18.3. The first-order valence-electron chi connectivity index (χ1n) is 11.1. The summed E-state index contributed by atoms with van der Waals surface area (Å²) in [5.41, 5.74) is 1.20. The van der Waals surface area contributed by atoms with E-state index >= 15 is 0 Å². The van der Waals surface area contributed by atoms with E-state index in [1.807, 2.05) is 31.2 Å². The average molecular weight is 442 g/mol. The Kier molecular flexibility index (Phi) is 7.02. The number of pyridine rings is 1. The highest BCUT2D eigenvalue weighted by Crippen LogP contribution is 2.25. The number of para-hydroxylation sites is 2. The number of carbonyl (C=O) groups is 1. The monoisotopic (exact) mass is 441 g/mol. The van der Waals surface area contributed by atoms with E-state index in [9.17, 15) is 9.59 Å². The van der Waals surface area contributed by atoms with Crippen LogP contribution < -0.4 is 15.6 Å². The van der Waals surface area contributed by atoms with E-state index in [0.29, 0.717) is 23.0 Å². The van der Waals surface area contributed by atoms with Gasteiger partial charge in [-0.25, -0.2) is 0 Å². The van der Waals surface area contributed by atoms with Crippen molar-refractivity contribution in [2.75, 3.05) is 31.7 Å². The van der Waals surface area contributed by atoms with Crippen molar-refractivity contribution >= 4 is 17.7 Å². The van der Waals surface area contributed by atoms with E-state index in [1.165, 1.54) is 28.9 Å². The molecule has 0 spiro atoms. The molecule has 3 heterocycles. The summed E-state index contributed by atoms with van der Waals surface area (Å²) in [6.07, 6.45) is 6.11. The van der Waals surface area contributed by atoms with Crippen LogP contribution in [0.25, 0.3) is 5.69 Å². The molecular weight excluding hydrogens is 410 g/mol. The van der Waals surface area contributed by atoms with Crippen molar-refractivity contribution in [2.24, 2.45) is 0 Å². The maximum absolute atomic E-state index is 13.2. The van der Waals surface area contributed by atoms with Gasteiger partial charge < -0.3 is 15.0 Å². The predicted octanol–water partition coefficient (Wildman–Crippen LogP) is 3.24. The normalized spacial score (nSPS) is 18.6. The van der Waals surface area contributed by atoms with E-state index in [-0.39, 0.29) is 23.1 Å². The summed E-state index contributed by atoms with van der Waals surface area (Å²) in [5, 5.41) is 3.13. The van der Waals surface area contributed by atoms with Crippen molar-refractivity contribution in [3.63, 3.8) is 0 Å². The number of carbonyl (C=O) groups excluding carboxylic acids is 1. The number of amides is 1. The maximum Gasteiger partial charge on any atom is 0.268 e. The number of aryl methyl sites for hydroxylation is 1. The van der Waals surface area contributed by atoms with Crippen molar-refractivity contribution in [3.05, 3.63) is 58.0 Å². The van der Waals surface area contributed by atoms with E-state index in [1.54, 1.807) is 19.4 Å². The topological polar surface area (TPSA) is 63.6 Å². The number of benzene rings is 1. The van der Waals surface area contributed by atoms with Gasteiger partial charge in [-0.05, 0) is 67.9 Å². The van der Waals surface area contributed by atoms with Gasteiger partial charge in [-0.15, -0.1) is 0 Å². The van der Waals surface area contributed by atoms with Crippen molar-refractivity contribution < 1.29 is 9.53 Å². The number of rotatable bonds is 5. The second kappa shape index (κ2) is 9.92. The minimum Gasteiger partial charge on any atom is -0.495 e. The van der Waals surface area contributed by atoms with Crippen LogP contribution in [0.1, 0.15) is 41.6 Å². The van der Waals surface area contributed by atoms with Crippen LogP contribution >= 0.6 is 11.8 Å². The molecule has 0 bridgehead atoms. The Morgan fingerprint density at radius 1 is 1.10 bits per heavy atom. The van der Waals surface area contributed by atoms with Gasteiger partial charge in [0.2, 0.25) is 0 Å². The molecule has 31 heavy (non-hydrogen) atoms. The number of methoxy groups -OCH3 is 1. The summed E-state index contributed by atoms with van der Waals surface area (Å²) in [6, 6.07) is 9.95. The lowest BCUT2D eigenvalue weighted by atomic mass is 10.00. The number of ether oxygens (including phenoxy) is 1. The van der Waals surface area contributed by atoms with Crippen LogP contribution in [0.2, 0.25) is 0 Å². The molecule has 0 atom stereocenters. The molecule has 0 aliphatic carbocycles. The molecule has 4 rings (SSSR count). The summed E-state index contributed by atoms with van der Waals surface area (Å²) in [5.74, 6) is 2.83. The molecule has 1 aromatic heterocycles. The number of piperidine rings is 1. The molecule has 0 saturated carbocycles. The van der Waals surface area contributed by atoms with Crippen LogP contribution in [0.15, 0.2) is 41.3 Å². The Morgan fingerprint density at radius 2 is 1.81 bits per heavy atom. The second-order valence-electron chi connectivity index (χ2n) is 8.35. The molecule has 2 aliphatic heterocycles. The van der Waals surface area contributed by atoms with Crippen LogP contribution in [0.5, 0.6) is 5.75 Å². The number of nitrogens with one attached hydrogen (secondary N) is 1. The summed E-state index contributed by atoms with van der Waals surface area (Å²) in [7, 11) is 1.57. The SMILES string of the molecule is COc1ccccc1-n1ccc(C)c(C(=O)NC2CCN(C3CCSCC3)CC2)c1=O. The number of nitrogens with zero attached hydrogens (tertiary/aromatic N) is 2. The Labute approximate surface area is 188 Å². The highest BCUT2D eigenvalue weighted by atomic mass is 32.2. The number of aromatic nitrogens is 1. The number of likely N-dealkylation sites (tertiary alicyclic amines) is 1. The third-order valence-electron chi connectivity index (χ3n) is 6.44. The third kappa shape index (κ3) is 4.83. The second-order valence-corrected chi connectivity index (χ2v) is 9.57.